The SMILES string of the molecule is Cc1c(C(=O)Nc2ccccc2O)cnn1-c1ccccn1. The van der Waals surface area contributed by atoms with Crippen LogP contribution in [-0.4, -0.2) is 25.8 Å². The van der Waals surface area contributed by atoms with Gasteiger partial charge >= 0.3 is 0 Å². The highest BCUT2D eigenvalue weighted by atomic mass is 16.3. The van der Waals surface area contributed by atoms with Gasteiger partial charge in [-0.15, -0.1) is 0 Å². The highest BCUT2D eigenvalue weighted by Crippen LogP contribution is 2.23. The number of hydrogen-bond acceptors (Lipinski definition) is 4. The number of amides is 1. The first-order chi connectivity index (χ1) is 10.7. The minimum absolute atomic E-state index is 0.0191. The van der Waals surface area contributed by atoms with E-state index in [1.54, 1.807) is 36.0 Å². The van der Waals surface area contributed by atoms with E-state index in [4.69, 9.17) is 0 Å². The Morgan fingerprint density at radius 1 is 1.18 bits per heavy atom. The van der Waals surface area contributed by atoms with Gasteiger partial charge in [0, 0.05) is 6.20 Å². The lowest BCUT2D eigenvalue weighted by atomic mass is 10.2. The molecule has 1 aromatic carbocycles. The molecule has 2 N–H and O–H groups in total. The number of nitrogens with one attached hydrogen (secondary N) is 1. The predicted molar refractivity (Wildman–Crippen MR) is 82.2 cm³/mol. The lowest BCUT2D eigenvalue weighted by Crippen LogP contribution is -2.13. The van der Waals surface area contributed by atoms with Gasteiger partial charge in [-0.1, -0.05) is 18.2 Å². The van der Waals surface area contributed by atoms with Gasteiger partial charge in [0.1, 0.15) is 5.75 Å². The predicted octanol–water partition coefficient (Wildman–Crippen LogP) is 2.53. The summed E-state index contributed by atoms with van der Waals surface area (Å²) < 4.78 is 1.60. The molecule has 0 spiro atoms. The molecule has 6 nitrogen and oxygen atoms in total. The van der Waals surface area contributed by atoms with E-state index in [2.05, 4.69) is 15.4 Å². The van der Waals surface area contributed by atoms with Crippen molar-refractivity contribution in [1.29, 1.82) is 0 Å². The van der Waals surface area contributed by atoms with Crippen molar-refractivity contribution in [2.24, 2.45) is 0 Å². The molecular weight excluding hydrogens is 280 g/mol. The van der Waals surface area contributed by atoms with Crippen LogP contribution in [-0.2, 0) is 0 Å². The number of aromatic hydroxyl groups is 1. The molecule has 22 heavy (non-hydrogen) atoms. The Bertz CT molecular complexity index is 812. The second-order valence-electron chi connectivity index (χ2n) is 4.71. The maximum Gasteiger partial charge on any atom is 0.259 e. The van der Waals surface area contributed by atoms with E-state index in [9.17, 15) is 9.90 Å². The molecule has 2 heterocycles. The quantitative estimate of drug-likeness (QED) is 0.727. The first-order valence-corrected chi connectivity index (χ1v) is 6.72. The number of rotatable bonds is 3. The van der Waals surface area contributed by atoms with Crippen molar-refractivity contribution >= 4 is 11.6 Å². The van der Waals surface area contributed by atoms with Crippen molar-refractivity contribution in [3.8, 4) is 11.6 Å². The summed E-state index contributed by atoms with van der Waals surface area (Å²) >= 11 is 0. The van der Waals surface area contributed by atoms with E-state index < -0.39 is 0 Å². The number of carbonyl (C=O) groups is 1. The molecule has 0 saturated carbocycles. The van der Waals surface area contributed by atoms with E-state index >= 15 is 0 Å². The standard InChI is InChI=1S/C16H14N4O2/c1-11-12(10-18-20(11)15-8-4-5-9-17-15)16(22)19-13-6-2-3-7-14(13)21/h2-10,21H,1H3,(H,19,22). The zero-order valence-corrected chi connectivity index (χ0v) is 11.9. The van der Waals surface area contributed by atoms with Crippen LogP contribution in [0.15, 0.2) is 54.9 Å². The van der Waals surface area contributed by atoms with Gasteiger partial charge in [0.05, 0.1) is 23.1 Å². The molecule has 0 atom stereocenters. The number of phenolic OH excluding ortho intramolecular Hbond substituents is 1. The molecule has 0 radical (unpaired) electrons. The third-order valence-electron chi connectivity index (χ3n) is 3.27. The second kappa shape index (κ2) is 5.69. The summed E-state index contributed by atoms with van der Waals surface area (Å²) in [5, 5.41) is 16.6. The van der Waals surface area contributed by atoms with Crippen molar-refractivity contribution in [2.75, 3.05) is 5.32 Å². The van der Waals surface area contributed by atoms with Crippen molar-refractivity contribution < 1.29 is 9.90 Å². The third-order valence-corrected chi connectivity index (χ3v) is 3.27. The number of carbonyl (C=O) groups excluding carboxylic acids is 1. The number of nitrogens with zero attached hydrogens (tertiary/aromatic N) is 3. The Labute approximate surface area is 127 Å². The van der Waals surface area contributed by atoms with Crippen molar-refractivity contribution in [2.45, 2.75) is 6.92 Å². The van der Waals surface area contributed by atoms with Crippen LogP contribution in [0.25, 0.3) is 5.82 Å². The average Bonchev–Trinajstić information content (AvgIpc) is 2.92. The van der Waals surface area contributed by atoms with Crippen LogP contribution in [0, 0.1) is 6.92 Å². The van der Waals surface area contributed by atoms with Gasteiger partial charge in [-0.2, -0.15) is 5.10 Å². The van der Waals surface area contributed by atoms with Crippen LogP contribution in [0.2, 0.25) is 0 Å². The second-order valence-corrected chi connectivity index (χ2v) is 4.71. The van der Waals surface area contributed by atoms with Crippen LogP contribution < -0.4 is 5.32 Å². The normalized spacial score (nSPS) is 10.4. The largest absolute Gasteiger partial charge is 0.506 e. The number of hydrogen-bond donors (Lipinski definition) is 2. The van der Waals surface area contributed by atoms with Gasteiger partial charge < -0.3 is 10.4 Å². The maximum atomic E-state index is 12.3. The van der Waals surface area contributed by atoms with E-state index in [1.165, 1.54) is 12.3 Å². The highest BCUT2D eigenvalue weighted by molar-refractivity contribution is 6.05. The van der Waals surface area contributed by atoms with Gasteiger partial charge in [0.2, 0.25) is 0 Å². The molecule has 0 aliphatic heterocycles. The van der Waals surface area contributed by atoms with Crippen LogP contribution in [0.5, 0.6) is 5.75 Å². The average molecular weight is 294 g/mol. The lowest BCUT2D eigenvalue weighted by Gasteiger charge is -2.07. The molecule has 3 rings (SSSR count). The number of para-hydroxylation sites is 2. The Morgan fingerprint density at radius 2 is 1.95 bits per heavy atom. The van der Waals surface area contributed by atoms with Gasteiger partial charge in [0.15, 0.2) is 5.82 Å². The maximum absolute atomic E-state index is 12.3. The third kappa shape index (κ3) is 2.54. The molecule has 0 unspecified atom stereocenters. The highest BCUT2D eigenvalue weighted by Gasteiger charge is 2.16. The van der Waals surface area contributed by atoms with E-state index in [1.807, 2.05) is 18.2 Å². The molecule has 0 saturated heterocycles. The Morgan fingerprint density at radius 3 is 2.68 bits per heavy atom. The topological polar surface area (TPSA) is 80.0 Å². The summed E-state index contributed by atoms with van der Waals surface area (Å²) in [4.78, 5) is 16.5. The van der Waals surface area contributed by atoms with Gasteiger partial charge in [-0.3, -0.25) is 4.79 Å². The number of anilines is 1. The molecule has 6 heteroatoms. The van der Waals surface area contributed by atoms with Crippen LogP contribution in [0.1, 0.15) is 16.1 Å². The molecule has 110 valence electrons. The van der Waals surface area contributed by atoms with Crippen molar-refractivity contribution in [3.05, 3.63) is 66.1 Å². The zero-order valence-electron chi connectivity index (χ0n) is 11.9. The Balaban J connectivity index is 1.89. The van der Waals surface area contributed by atoms with Gasteiger partial charge in [0.25, 0.3) is 5.91 Å². The minimum atomic E-state index is -0.332. The monoisotopic (exact) mass is 294 g/mol. The number of phenols is 1. The molecule has 0 aliphatic rings. The minimum Gasteiger partial charge on any atom is -0.506 e. The number of aromatic nitrogens is 3. The van der Waals surface area contributed by atoms with Crippen LogP contribution >= 0.6 is 0 Å². The van der Waals surface area contributed by atoms with E-state index in [-0.39, 0.29) is 11.7 Å². The number of pyridine rings is 1. The summed E-state index contributed by atoms with van der Waals surface area (Å²) in [5.74, 6) is 0.327. The molecule has 3 aromatic rings. The fraction of sp³-hybridized carbons (Fsp3) is 0.0625. The summed E-state index contributed by atoms with van der Waals surface area (Å²) in [6, 6.07) is 12.0. The first-order valence-electron chi connectivity index (χ1n) is 6.72. The van der Waals surface area contributed by atoms with E-state index in [0.717, 1.165) is 0 Å². The number of benzene rings is 1. The summed E-state index contributed by atoms with van der Waals surface area (Å²) in [7, 11) is 0. The summed E-state index contributed by atoms with van der Waals surface area (Å²) in [6.07, 6.45) is 3.15. The molecule has 2 aromatic heterocycles. The Hall–Kier alpha value is -3.15. The molecular formula is C16H14N4O2. The van der Waals surface area contributed by atoms with Crippen LogP contribution in [0.3, 0.4) is 0 Å². The fourth-order valence-corrected chi connectivity index (χ4v) is 2.11. The molecule has 0 bridgehead atoms. The Kier molecular flexibility index (Phi) is 3.57. The van der Waals surface area contributed by atoms with Gasteiger partial charge in [-0.05, 0) is 31.2 Å². The first kappa shape index (κ1) is 13.8. The molecule has 0 fully saturated rings. The smallest absolute Gasteiger partial charge is 0.259 e. The molecule has 0 aliphatic carbocycles. The van der Waals surface area contributed by atoms with Gasteiger partial charge in [-0.25, -0.2) is 9.67 Å². The lowest BCUT2D eigenvalue weighted by molar-refractivity contribution is 0.102. The fourth-order valence-electron chi connectivity index (χ4n) is 2.11. The summed E-state index contributed by atoms with van der Waals surface area (Å²) in [5.41, 5.74) is 1.46. The van der Waals surface area contributed by atoms with Crippen LogP contribution in [0.4, 0.5) is 5.69 Å². The van der Waals surface area contributed by atoms with Crippen molar-refractivity contribution in [1.82, 2.24) is 14.8 Å². The zero-order chi connectivity index (χ0) is 15.5. The van der Waals surface area contributed by atoms with Crippen molar-refractivity contribution in [3.63, 3.8) is 0 Å². The van der Waals surface area contributed by atoms with E-state index in [0.29, 0.717) is 22.8 Å². The summed E-state index contributed by atoms with van der Waals surface area (Å²) in [6.45, 7) is 1.79. The molecule has 1 amide bonds.